The lowest BCUT2D eigenvalue weighted by Crippen LogP contribution is -2.35. The third-order valence-corrected chi connectivity index (χ3v) is 4.92. The molecule has 2 heterocycles. The van der Waals surface area contributed by atoms with Gasteiger partial charge in [-0.1, -0.05) is 49.4 Å². The second-order valence-corrected chi connectivity index (χ2v) is 6.68. The first-order valence-electron chi connectivity index (χ1n) is 9.58. The highest BCUT2D eigenvalue weighted by molar-refractivity contribution is 5.53. The molecule has 0 atom stereocenters. The maximum absolute atomic E-state index is 13.1. The molecule has 0 saturated heterocycles. The van der Waals surface area contributed by atoms with E-state index in [2.05, 4.69) is 10.2 Å². The number of rotatable bonds is 4. The van der Waals surface area contributed by atoms with E-state index in [-0.39, 0.29) is 11.1 Å². The minimum atomic E-state index is -0.196. The molecule has 0 saturated carbocycles. The Hall–Kier alpha value is -3.80. The number of nitrogens with one attached hydrogen (secondary N) is 2. The summed E-state index contributed by atoms with van der Waals surface area (Å²) in [4.78, 5) is 26.2. The van der Waals surface area contributed by atoms with Crippen LogP contribution >= 0.6 is 0 Å². The molecule has 0 aliphatic rings. The van der Waals surface area contributed by atoms with Gasteiger partial charge in [-0.2, -0.15) is 0 Å². The summed E-state index contributed by atoms with van der Waals surface area (Å²) < 4.78 is 3.01. The average Bonchev–Trinajstić information content (AvgIpc) is 3.26. The Balaban J connectivity index is 1.97. The van der Waals surface area contributed by atoms with Crippen molar-refractivity contribution in [1.29, 1.82) is 0 Å². The van der Waals surface area contributed by atoms with Crippen LogP contribution in [0.3, 0.4) is 0 Å². The molecule has 0 spiro atoms. The Bertz CT molecular complexity index is 1370. The Morgan fingerprint density at radius 3 is 1.90 bits per heavy atom. The predicted molar refractivity (Wildman–Crippen MR) is 115 cm³/mol. The van der Waals surface area contributed by atoms with Gasteiger partial charge in [0.25, 0.3) is 11.1 Å². The molecule has 0 amide bonds. The summed E-state index contributed by atoms with van der Waals surface area (Å²) in [7, 11) is 0. The van der Waals surface area contributed by atoms with Crippen molar-refractivity contribution in [3.05, 3.63) is 103 Å². The highest BCUT2D eigenvalue weighted by atomic mass is 16.1. The summed E-state index contributed by atoms with van der Waals surface area (Å²) >= 11 is 0. The normalized spacial score (nSPS) is 12.6. The molecule has 6 heteroatoms. The smallest absolute Gasteiger partial charge is 0.279 e. The number of hydrogen-bond donors (Lipinski definition) is 2. The molecular formula is C23H22N4O2. The fraction of sp³-hybridized carbons (Fsp3) is 0.130. The summed E-state index contributed by atoms with van der Waals surface area (Å²) in [6.45, 7) is 3.84. The molecular weight excluding hydrogens is 364 g/mol. The van der Waals surface area contributed by atoms with Gasteiger partial charge < -0.3 is 0 Å². The van der Waals surface area contributed by atoms with Crippen molar-refractivity contribution in [2.45, 2.75) is 20.3 Å². The van der Waals surface area contributed by atoms with Crippen LogP contribution in [-0.4, -0.2) is 19.6 Å². The first-order valence-corrected chi connectivity index (χ1v) is 9.58. The lowest BCUT2D eigenvalue weighted by atomic mass is 10.1. The zero-order chi connectivity index (χ0) is 20.4. The first-order chi connectivity index (χ1) is 14.1. The Kier molecular flexibility index (Phi) is 4.91. The SMILES string of the molecule is C/C=c1\[nH]n(-c2ccccc2)c(=O)\c1=C/c1c(CC)[nH]n(-c2ccccc2)c1=O. The van der Waals surface area contributed by atoms with E-state index in [0.717, 1.165) is 17.1 Å². The fourth-order valence-corrected chi connectivity index (χ4v) is 3.40. The van der Waals surface area contributed by atoms with E-state index in [9.17, 15) is 9.59 Å². The predicted octanol–water partition coefficient (Wildman–Crippen LogP) is 1.84. The number of aromatic amines is 2. The number of para-hydroxylation sites is 2. The van der Waals surface area contributed by atoms with Gasteiger partial charge in [-0.25, -0.2) is 9.36 Å². The minimum Gasteiger partial charge on any atom is -0.294 e. The minimum absolute atomic E-state index is 0.179. The van der Waals surface area contributed by atoms with Gasteiger partial charge in [-0.3, -0.25) is 19.8 Å². The molecule has 2 aromatic heterocycles. The van der Waals surface area contributed by atoms with E-state index in [1.165, 1.54) is 9.36 Å². The molecule has 29 heavy (non-hydrogen) atoms. The average molecular weight is 386 g/mol. The molecule has 6 nitrogen and oxygen atoms in total. The maximum Gasteiger partial charge on any atom is 0.279 e. The van der Waals surface area contributed by atoms with E-state index in [4.69, 9.17) is 0 Å². The van der Waals surface area contributed by atoms with E-state index >= 15 is 0 Å². The summed E-state index contributed by atoms with van der Waals surface area (Å²) in [5.74, 6) is 0. The van der Waals surface area contributed by atoms with Gasteiger partial charge in [0.15, 0.2) is 0 Å². The number of H-pyrrole nitrogens is 2. The van der Waals surface area contributed by atoms with Crippen LogP contribution in [-0.2, 0) is 6.42 Å². The molecule has 4 rings (SSSR count). The Morgan fingerprint density at radius 1 is 0.828 bits per heavy atom. The van der Waals surface area contributed by atoms with Crippen molar-refractivity contribution in [2.75, 3.05) is 0 Å². The zero-order valence-corrected chi connectivity index (χ0v) is 16.3. The molecule has 0 radical (unpaired) electrons. The van der Waals surface area contributed by atoms with Crippen molar-refractivity contribution < 1.29 is 0 Å². The molecule has 0 unspecified atom stereocenters. The molecule has 4 aromatic rings. The Labute approximate surface area is 167 Å². The summed E-state index contributed by atoms with van der Waals surface area (Å²) in [5, 5.41) is 7.44. The van der Waals surface area contributed by atoms with Gasteiger partial charge in [0.05, 0.1) is 27.5 Å². The van der Waals surface area contributed by atoms with Crippen LogP contribution < -0.4 is 21.7 Å². The van der Waals surface area contributed by atoms with Crippen LogP contribution in [0.4, 0.5) is 0 Å². The van der Waals surface area contributed by atoms with Crippen LogP contribution in [0, 0.1) is 0 Å². The number of aromatic nitrogens is 4. The lowest BCUT2D eigenvalue weighted by Gasteiger charge is -1.99. The summed E-state index contributed by atoms with van der Waals surface area (Å²) in [6.07, 6.45) is 4.16. The monoisotopic (exact) mass is 386 g/mol. The van der Waals surface area contributed by atoms with Crippen LogP contribution in [0.5, 0.6) is 0 Å². The third kappa shape index (κ3) is 3.29. The molecule has 0 bridgehead atoms. The van der Waals surface area contributed by atoms with Gasteiger partial charge in [0.2, 0.25) is 0 Å². The Morgan fingerprint density at radius 2 is 1.38 bits per heavy atom. The first kappa shape index (κ1) is 18.6. The van der Waals surface area contributed by atoms with Crippen LogP contribution in [0.25, 0.3) is 23.5 Å². The van der Waals surface area contributed by atoms with Crippen LogP contribution in [0.2, 0.25) is 0 Å². The van der Waals surface area contributed by atoms with Crippen molar-refractivity contribution >= 4 is 12.2 Å². The molecule has 0 fully saturated rings. The van der Waals surface area contributed by atoms with Crippen molar-refractivity contribution in [2.24, 2.45) is 0 Å². The van der Waals surface area contributed by atoms with Crippen LogP contribution in [0.1, 0.15) is 25.1 Å². The van der Waals surface area contributed by atoms with Gasteiger partial charge in [-0.05, 0) is 43.7 Å². The molecule has 146 valence electrons. The van der Waals surface area contributed by atoms with Gasteiger partial charge in [-0.15, -0.1) is 0 Å². The number of hydrogen-bond acceptors (Lipinski definition) is 2. The maximum atomic E-state index is 13.1. The molecule has 0 aliphatic heterocycles. The largest absolute Gasteiger partial charge is 0.294 e. The lowest BCUT2D eigenvalue weighted by molar-refractivity contribution is 0.819. The highest BCUT2D eigenvalue weighted by Crippen LogP contribution is 2.08. The standard InChI is InChI=1S/C23H22N4O2/c1-3-20-18(22(28)26(24-20)16-11-7-5-8-12-16)15-19-21(4-2)25-27(23(19)29)17-13-9-6-10-14-17/h3,5-15,24-25H,4H2,1-2H3/b18-15-,20-3-. The molecule has 2 aromatic carbocycles. The van der Waals surface area contributed by atoms with E-state index < -0.39 is 0 Å². The highest BCUT2D eigenvalue weighted by Gasteiger charge is 2.13. The van der Waals surface area contributed by atoms with E-state index in [1.54, 1.807) is 6.08 Å². The number of aryl methyl sites for hydroxylation is 1. The van der Waals surface area contributed by atoms with E-state index in [1.807, 2.05) is 80.6 Å². The zero-order valence-electron chi connectivity index (χ0n) is 16.3. The van der Waals surface area contributed by atoms with Crippen molar-refractivity contribution in [3.63, 3.8) is 0 Å². The van der Waals surface area contributed by atoms with Crippen LogP contribution in [0.15, 0.2) is 70.3 Å². The summed E-state index contributed by atoms with van der Waals surface area (Å²) in [6, 6.07) is 18.8. The van der Waals surface area contributed by atoms with Gasteiger partial charge in [0, 0.05) is 5.69 Å². The van der Waals surface area contributed by atoms with Crippen molar-refractivity contribution in [3.8, 4) is 11.4 Å². The quantitative estimate of drug-likeness (QED) is 0.562. The van der Waals surface area contributed by atoms with Gasteiger partial charge in [0.1, 0.15) is 0 Å². The number of nitrogens with zero attached hydrogens (tertiary/aromatic N) is 2. The summed E-state index contributed by atoms with van der Waals surface area (Å²) in [5.41, 5.74) is 2.40. The molecule has 2 N–H and O–H groups in total. The number of benzene rings is 2. The second kappa shape index (κ2) is 7.67. The second-order valence-electron chi connectivity index (χ2n) is 6.68. The van der Waals surface area contributed by atoms with Gasteiger partial charge >= 0.3 is 0 Å². The van der Waals surface area contributed by atoms with E-state index in [0.29, 0.717) is 22.6 Å². The van der Waals surface area contributed by atoms with Crippen molar-refractivity contribution in [1.82, 2.24) is 19.6 Å². The topological polar surface area (TPSA) is 75.6 Å². The third-order valence-electron chi connectivity index (χ3n) is 4.92. The fourth-order valence-electron chi connectivity index (χ4n) is 3.40. The molecule has 0 aliphatic carbocycles.